The minimum Gasteiger partial charge on any atom is -0.487 e. The van der Waals surface area contributed by atoms with Gasteiger partial charge < -0.3 is 20.7 Å². The van der Waals surface area contributed by atoms with Crippen molar-refractivity contribution in [2.24, 2.45) is 0 Å². The van der Waals surface area contributed by atoms with Crippen LogP contribution in [0.3, 0.4) is 0 Å². The fraction of sp³-hybridized carbons (Fsp3) is 0.111. The van der Waals surface area contributed by atoms with E-state index in [4.69, 9.17) is 16.3 Å². The Morgan fingerprint density at radius 3 is 2.78 bits per heavy atom. The van der Waals surface area contributed by atoms with Crippen molar-refractivity contribution in [3.8, 4) is 17.6 Å². The monoisotopic (exact) mass is 516 g/mol. The molecule has 0 aliphatic carbocycles. The van der Waals surface area contributed by atoms with Crippen molar-refractivity contribution in [1.29, 1.82) is 0 Å². The summed E-state index contributed by atoms with van der Waals surface area (Å²) in [6, 6.07) is 16.5. The highest BCUT2D eigenvalue weighted by molar-refractivity contribution is 6.32. The molecule has 186 valence electrons. The molecule has 0 spiro atoms. The number of hydrogen-bond acceptors (Lipinski definition) is 6. The van der Waals surface area contributed by atoms with Gasteiger partial charge in [-0.2, -0.15) is 0 Å². The van der Waals surface area contributed by atoms with Gasteiger partial charge in [0.1, 0.15) is 36.0 Å². The van der Waals surface area contributed by atoms with E-state index in [1.807, 2.05) is 6.07 Å². The molecule has 0 aliphatic rings. The molecule has 0 saturated carbocycles. The maximum Gasteiger partial charge on any atom is 0.314 e. The molecule has 10 heteroatoms. The third-order valence-electron chi connectivity index (χ3n) is 4.98. The van der Waals surface area contributed by atoms with E-state index in [2.05, 4.69) is 42.7 Å². The van der Waals surface area contributed by atoms with Crippen LogP contribution in [0.25, 0.3) is 0 Å². The molecule has 2 aromatic heterocycles. The highest BCUT2D eigenvalue weighted by atomic mass is 35.5. The average Bonchev–Trinajstić information content (AvgIpc) is 2.91. The summed E-state index contributed by atoms with van der Waals surface area (Å²) in [5.41, 5.74) is 3.14. The van der Waals surface area contributed by atoms with Crippen LogP contribution in [0.2, 0.25) is 5.02 Å². The SMILES string of the molecule is CNC(=O)NCc1cccc(C#Cc2cncnc2Nc2ccc(OCc3cccc(F)c3)c(Cl)c2)n1. The van der Waals surface area contributed by atoms with Gasteiger partial charge in [0.25, 0.3) is 0 Å². The van der Waals surface area contributed by atoms with E-state index in [-0.39, 0.29) is 25.0 Å². The van der Waals surface area contributed by atoms with Gasteiger partial charge in [-0.15, -0.1) is 0 Å². The molecule has 4 rings (SSSR count). The molecule has 0 radical (unpaired) electrons. The Kier molecular flexibility index (Phi) is 8.47. The summed E-state index contributed by atoms with van der Waals surface area (Å²) < 4.78 is 19.1. The van der Waals surface area contributed by atoms with E-state index in [0.717, 1.165) is 0 Å². The zero-order chi connectivity index (χ0) is 26.0. The van der Waals surface area contributed by atoms with Crippen LogP contribution in [0, 0.1) is 17.7 Å². The fourth-order valence-electron chi connectivity index (χ4n) is 3.18. The van der Waals surface area contributed by atoms with E-state index in [1.165, 1.54) is 18.5 Å². The Hall–Kier alpha value is -4.68. The smallest absolute Gasteiger partial charge is 0.314 e. The molecule has 0 atom stereocenters. The molecule has 2 amide bonds. The van der Waals surface area contributed by atoms with Gasteiger partial charge in [0, 0.05) is 18.9 Å². The minimum absolute atomic E-state index is 0.188. The van der Waals surface area contributed by atoms with Gasteiger partial charge in [-0.1, -0.05) is 35.7 Å². The molecule has 2 aromatic carbocycles. The van der Waals surface area contributed by atoms with Gasteiger partial charge in [0.05, 0.1) is 22.8 Å². The first-order valence-electron chi connectivity index (χ1n) is 11.2. The maximum absolute atomic E-state index is 13.4. The lowest BCUT2D eigenvalue weighted by molar-refractivity contribution is 0.242. The number of pyridine rings is 1. The molecule has 0 unspecified atom stereocenters. The standard InChI is InChI=1S/C27H22ClFN6O2/c1-30-27(36)32-15-23-7-3-6-21(34-23)9-8-19-14-31-17-33-26(19)35-22-10-11-25(24(28)13-22)37-16-18-4-2-5-20(29)12-18/h2-7,10-14,17H,15-16H2,1H3,(H2,30,32,36)(H,31,33,35). The van der Waals surface area contributed by atoms with Crippen LogP contribution in [-0.2, 0) is 13.2 Å². The number of carbonyl (C=O) groups excluding carboxylic acids is 1. The van der Waals surface area contributed by atoms with Crippen LogP contribution in [0.1, 0.15) is 22.5 Å². The van der Waals surface area contributed by atoms with Crippen molar-refractivity contribution >= 4 is 29.1 Å². The number of carbonyl (C=O) groups is 1. The average molecular weight is 517 g/mol. The van der Waals surface area contributed by atoms with Gasteiger partial charge in [-0.3, -0.25) is 0 Å². The van der Waals surface area contributed by atoms with Crippen LogP contribution in [0.5, 0.6) is 5.75 Å². The Labute approximate surface area is 218 Å². The summed E-state index contributed by atoms with van der Waals surface area (Å²) in [4.78, 5) is 24.2. The molecule has 0 fully saturated rings. The molecular weight excluding hydrogens is 495 g/mol. The minimum atomic E-state index is -0.322. The van der Waals surface area contributed by atoms with Crippen LogP contribution in [0.15, 0.2) is 73.2 Å². The van der Waals surface area contributed by atoms with E-state index in [1.54, 1.807) is 55.7 Å². The molecule has 4 aromatic rings. The first-order chi connectivity index (χ1) is 18.0. The number of hydrogen-bond donors (Lipinski definition) is 3. The van der Waals surface area contributed by atoms with Crippen LogP contribution in [0.4, 0.5) is 20.7 Å². The highest BCUT2D eigenvalue weighted by Crippen LogP contribution is 2.30. The molecule has 0 saturated heterocycles. The molecule has 0 aliphatic heterocycles. The van der Waals surface area contributed by atoms with E-state index < -0.39 is 0 Å². The summed E-state index contributed by atoms with van der Waals surface area (Å²) in [7, 11) is 1.55. The quantitative estimate of drug-likeness (QED) is 0.305. The summed E-state index contributed by atoms with van der Waals surface area (Å²) in [6.07, 6.45) is 3.01. The largest absolute Gasteiger partial charge is 0.487 e. The van der Waals surface area contributed by atoms with Crippen molar-refractivity contribution in [3.63, 3.8) is 0 Å². The second-order valence-corrected chi connectivity index (χ2v) is 8.08. The number of rotatable bonds is 7. The molecule has 8 nitrogen and oxygen atoms in total. The molecule has 2 heterocycles. The third kappa shape index (κ3) is 7.40. The van der Waals surface area contributed by atoms with Gasteiger partial charge in [-0.05, 0) is 53.9 Å². The number of urea groups is 1. The van der Waals surface area contributed by atoms with Gasteiger partial charge in [-0.25, -0.2) is 24.1 Å². The summed E-state index contributed by atoms with van der Waals surface area (Å²) in [6.45, 7) is 0.464. The highest BCUT2D eigenvalue weighted by Gasteiger charge is 2.08. The first kappa shape index (κ1) is 25.4. The van der Waals surface area contributed by atoms with Gasteiger partial charge in [0.2, 0.25) is 0 Å². The summed E-state index contributed by atoms with van der Waals surface area (Å²) in [5, 5.41) is 8.75. The zero-order valence-corrected chi connectivity index (χ0v) is 20.5. The van der Waals surface area contributed by atoms with Crippen molar-refractivity contribution < 1.29 is 13.9 Å². The number of halogens is 2. The Morgan fingerprint density at radius 2 is 1.97 bits per heavy atom. The zero-order valence-electron chi connectivity index (χ0n) is 19.8. The first-order valence-corrected chi connectivity index (χ1v) is 11.6. The summed E-state index contributed by atoms with van der Waals surface area (Å²) in [5.74, 6) is 6.67. The third-order valence-corrected chi connectivity index (χ3v) is 5.27. The predicted molar refractivity (Wildman–Crippen MR) is 139 cm³/mol. The van der Waals surface area contributed by atoms with E-state index >= 15 is 0 Å². The number of nitrogens with zero attached hydrogens (tertiary/aromatic N) is 3. The lowest BCUT2D eigenvalue weighted by Crippen LogP contribution is -2.32. The fourth-order valence-corrected chi connectivity index (χ4v) is 3.41. The van der Waals surface area contributed by atoms with Crippen LogP contribution < -0.4 is 20.7 Å². The molecule has 0 bridgehead atoms. The van der Waals surface area contributed by atoms with Crippen molar-refractivity contribution in [1.82, 2.24) is 25.6 Å². The summed E-state index contributed by atoms with van der Waals surface area (Å²) >= 11 is 6.41. The Bertz CT molecular complexity index is 1470. The van der Waals surface area contributed by atoms with Gasteiger partial charge >= 0.3 is 6.03 Å². The van der Waals surface area contributed by atoms with E-state index in [9.17, 15) is 9.18 Å². The number of aromatic nitrogens is 3. The van der Waals surface area contributed by atoms with Crippen molar-refractivity contribution in [2.45, 2.75) is 13.2 Å². The second kappa shape index (κ2) is 12.3. The van der Waals surface area contributed by atoms with Crippen LogP contribution >= 0.6 is 11.6 Å². The topological polar surface area (TPSA) is 101 Å². The molecule has 3 N–H and O–H groups in total. The normalized spacial score (nSPS) is 10.1. The second-order valence-electron chi connectivity index (χ2n) is 7.67. The number of anilines is 2. The maximum atomic E-state index is 13.4. The van der Waals surface area contributed by atoms with Crippen LogP contribution in [-0.4, -0.2) is 28.0 Å². The number of nitrogens with one attached hydrogen (secondary N) is 3. The van der Waals surface area contributed by atoms with Crippen molar-refractivity contribution in [2.75, 3.05) is 12.4 Å². The lowest BCUT2D eigenvalue weighted by atomic mass is 10.2. The number of ether oxygens (including phenoxy) is 1. The number of benzene rings is 2. The number of amides is 2. The molecular formula is C27H22ClFN6O2. The predicted octanol–water partition coefficient (Wildman–Crippen LogP) is 4.82. The molecule has 37 heavy (non-hydrogen) atoms. The van der Waals surface area contributed by atoms with Gasteiger partial charge in [0.15, 0.2) is 0 Å². The Morgan fingerprint density at radius 1 is 1.11 bits per heavy atom. The Balaban J connectivity index is 1.45. The van der Waals surface area contributed by atoms with Crippen molar-refractivity contribution in [3.05, 3.63) is 107 Å². The lowest BCUT2D eigenvalue weighted by Gasteiger charge is -2.11. The van der Waals surface area contributed by atoms with E-state index in [0.29, 0.717) is 44.8 Å².